The van der Waals surface area contributed by atoms with E-state index in [0.717, 1.165) is 0 Å². The van der Waals surface area contributed by atoms with Crippen LogP contribution in [0.4, 0.5) is 5.82 Å². The van der Waals surface area contributed by atoms with Crippen molar-refractivity contribution in [2.75, 3.05) is 11.9 Å². The summed E-state index contributed by atoms with van der Waals surface area (Å²) >= 11 is 0. The number of aliphatic hydroxyl groups excluding tert-OH is 1. The van der Waals surface area contributed by atoms with Crippen molar-refractivity contribution in [1.82, 2.24) is 19.5 Å². The predicted molar refractivity (Wildman–Crippen MR) is 90.3 cm³/mol. The second kappa shape index (κ2) is 6.62. The molecular formula is C17H15N5O4. The molecule has 0 spiro atoms. The van der Waals surface area contributed by atoms with E-state index in [0.29, 0.717) is 16.7 Å². The Bertz CT molecular complexity index is 972. The van der Waals surface area contributed by atoms with Crippen molar-refractivity contribution < 1.29 is 19.4 Å². The summed E-state index contributed by atoms with van der Waals surface area (Å²) in [6, 6.07) is 8.75. The predicted octanol–water partition coefficient (Wildman–Crippen LogP) is 0.927. The molecule has 0 saturated carbocycles. The average molecular weight is 353 g/mol. The molecule has 1 aliphatic heterocycles. The standard InChI is InChI=1S/C17H15N5O4/c23-7-12-11(24)6-13(26-12)22-9-20-14-15(18-8-19-16(14)22)21-17(25)10-4-2-1-3-5-10/h1-5,8-9,12-13,23H,6-7H2,(H,18,19,21,25)/t12-,13-/m1/s1. The maximum absolute atomic E-state index is 12.3. The lowest BCUT2D eigenvalue weighted by atomic mass is 10.2. The lowest BCUT2D eigenvalue weighted by molar-refractivity contribution is -0.124. The van der Waals surface area contributed by atoms with Crippen LogP contribution in [-0.2, 0) is 9.53 Å². The van der Waals surface area contributed by atoms with Crippen molar-refractivity contribution in [1.29, 1.82) is 0 Å². The van der Waals surface area contributed by atoms with E-state index in [1.807, 2.05) is 6.07 Å². The van der Waals surface area contributed by atoms with E-state index in [2.05, 4.69) is 20.3 Å². The molecule has 2 aromatic heterocycles. The number of anilines is 1. The minimum Gasteiger partial charge on any atom is -0.393 e. The number of aromatic nitrogens is 4. The van der Waals surface area contributed by atoms with Crippen LogP contribution < -0.4 is 5.32 Å². The Hall–Kier alpha value is -3.17. The maximum Gasteiger partial charge on any atom is 0.256 e. The van der Waals surface area contributed by atoms with Gasteiger partial charge in [-0.05, 0) is 12.1 Å². The normalized spacial score (nSPS) is 19.8. The first-order valence-electron chi connectivity index (χ1n) is 8.00. The van der Waals surface area contributed by atoms with Gasteiger partial charge in [-0.15, -0.1) is 0 Å². The summed E-state index contributed by atoms with van der Waals surface area (Å²) in [7, 11) is 0. The van der Waals surface area contributed by atoms with Gasteiger partial charge in [-0.3, -0.25) is 14.2 Å². The molecule has 1 saturated heterocycles. The zero-order valence-electron chi connectivity index (χ0n) is 13.6. The molecule has 0 bridgehead atoms. The summed E-state index contributed by atoms with van der Waals surface area (Å²) in [4.78, 5) is 36.7. The molecule has 3 heterocycles. The van der Waals surface area contributed by atoms with E-state index in [1.54, 1.807) is 28.8 Å². The second-order valence-electron chi connectivity index (χ2n) is 5.80. The van der Waals surface area contributed by atoms with Crippen molar-refractivity contribution in [2.24, 2.45) is 0 Å². The number of ether oxygens (including phenoxy) is 1. The third-order valence-corrected chi connectivity index (χ3v) is 4.16. The Balaban J connectivity index is 1.64. The molecule has 4 rings (SSSR count). The summed E-state index contributed by atoms with van der Waals surface area (Å²) in [6.07, 6.45) is 1.47. The molecule has 9 nitrogen and oxygen atoms in total. The van der Waals surface area contributed by atoms with E-state index in [4.69, 9.17) is 4.74 Å². The minimum atomic E-state index is -0.837. The van der Waals surface area contributed by atoms with Gasteiger partial charge in [0.05, 0.1) is 19.4 Å². The molecule has 1 aliphatic rings. The number of ketones is 1. The van der Waals surface area contributed by atoms with E-state index in [1.165, 1.54) is 12.7 Å². The number of carbonyl (C=O) groups is 2. The van der Waals surface area contributed by atoms with Crippen LogP contribution in [0.25, 0.3) is 11.2 Å². The molecule has 9 heteroatoms. The Morgan fingerprint density at radius 3 is 2.81 bits per heavy atom. The molecule has 0 radical (unpaired) electrons. The van der Waals surface area contributed by atoms with Crippen molar-refractivity contribution >= 4 is 28.7 Å². The Morgan fingerprint density at radius 2 is 2.08 bits per heavy atom. The summed E-state index contributed by atoms with van der Waals surface area (Å²) < 4.78 is 7.14. The highest BCUT2D eigenvalue weighted by molar-refractivity contribution is 6.06. The Labute approximate surface area is 147 Å². The van der Waals surface area contributed by atoms with Gasteiger partial charge in [-0.25, -0.2) is 15.0 Å². The largest absolute Gasteiger partial charge is 0.393 e. The van der Waals surface area contributed by atoms with Gasteiger partial charge in [-0.1, -0.05) is 18.2 Å². The van der Waals surface area contributed by atoms with Crippen LogP contribution in [0, 0.1) is 0 Å². The minimum absolute atomic E-state index is 0.117. The average Bonchev–Trinajstić information content (AvgIpc) is 3.26. The molecule has 1 amide bonds. The quantitative estimate of drug-likeness (QED) is 0.716. The van der Waals surface area contributed by atoms with Crippen LogP contribution in [0.3, 0.4) is 0 Å². The van der Waals surface area contributed by atoms with Crippen LogP contribution in [-0.4, -0.2) is 49.0 Å². The number of hydrogen-bond acceptors (Lipinski definition) is 7. The molecule has 3 aromatic rings. The molecule has 1 aromatic carbocycles. The number of carbonyl (C=O) groups excluding carboxylic acids is 2. The third-order valence-electron chi connectivity index (χ3n) is 4.16. The van der Waals surface area contributed by atoms with Crippen molar-refractivity contribution in [3.8, 4) is 0 Å². The lowest BCUT2D eigenvalue weighted by Crippen LogP contribution is -2.20. The van der Waals surface area contributed by atoms with E-state index in [9.17, 15) is 14.7 Å². The number of fused-ring (bicyclic) bond motifs is 1. The van der Waals surface area contributed by atoms with Gasteiger partial charge in [-0.2, -0.15) is 0 Å². The smallest absolute Gasteiger partial charge is 0.256 e. The number of aliphatic hydroxyl groups is 1. The van der Waals surface area contributed by atoms with E-state index in [-0.39, 0.29) is 30.5 Å². The van der Waals surface area contributed by atoms with Crippen LogP contribution in [0.1, 0.15) is 23.0 Å². The molecule has 132 valence electrons. The number of amides is 1. The number of imidazole rings is 1. The molecule has 1 fully saturated rings. The first kappa shape index (κ1) is 16.3. The second-order valence-corrected chi connectivity index (χ2v) is 5.80. The first-order valence-corrected chi connectivity index (χ1v) is 8.00. The zero-order valence-corrected chi connectivity index (χ0v) is 13.6. The molecule has 0 aliphatic carbocycles. The number of rotatable bonds is 4. The van der Waals surface area contributed by atoms with Crippen LogP contribution in [0.15, 0.2) is 43.0 Å². The Kier molecular flexibility index (Phi) is 4.15. The fourth-order valence-corrected chi connectivity index (χ4v) is 2.85. The van der Waals surface area contributed by atoms with Gasteiger partial charge in [0.15, 0.2) is 22.8 Å². The van der Waals surface area contributed by atoms with Gasteiger partial charge in [0.2, 0.25) is 0 Å². The van der Waals surface area contributed by atoms with Gasteiger partial charge >= 0.3 is 0 Å². The maximum atomic E-state index is 12.3. The van der Waals surface area contributed by atoms with E-state index >= 15 is 0 Å². The molecule has 26 heavy (non-hydrogen) atoms. The van der Waals surface area contributed by atoms with Gasteiger partial charge in [0.25, 0.3) is 5.91 Å². The number of nitrogens with zero attached hydrogens (tertiary/aromatic N) is 4. The molecular weight excluding hydrogens is 338 g/mol. The number of Topliss-reactive ketones (excluding diaryl/α,β-unsaturated/α-hetero) is 1. The highest BCUT2D eigenvalue weighted by atomic mass is 16.5. The van der Waals surface area contributed by atoms with Crippen molar-refractivity contribution in [2.45, 2.75) is 18.8 Å². The number of benzene rings is 1. The monoisotopic (exact) mass is 353 g/mol. The van der Waals surface area contributed by atoms with Gasteiger partial charge in [0.1, 0.15) is 18.7 Å². The molecule has 2 N–H and O–H groups in total. The highest BCUT2D eigenvalue weighted by Crippen LogP contribution is 2.29. The van der Waals surface area contributed by atoms with Gasteiger partial charge in [0, 0.05) is 5.56 Å². The summed E-state index contributed by atoms with van der Waals surface area (Å²) in [5.74, 6) is -0.218. The Morgan fingerprint density at radius 1 is 1.27 bits per heavy atom. The summed E-state index contributed by atoms with van der Waals surface area (Å²) in [5.41, 5.74) is 1.31. The summed E-state index contributed by atoms with van der Waals surface area (Å²) in [5, 5.41) is 11.9. The lowest BCUT2D eigenvalue weighted by Gasteiger charge is -2.12. The van der Waals surface area contributed by atoms with Crippen molar-refractivity contribution in [3.05, 3.63) is 48.5 Å². The van der Waals surface area contributed by atoms with Gasteiger partial charge < -0.3 is 15.2 Å². The zero-order chi connectivity index (χ0) is 18.1. The third kappa shape index (κ3) is 2.83. The fourth-order valence-electron chi connectivity index (χ4n) is 2.85. The van der Waals surface area contributed by atoms with Crippen LogP contribution in [0.5, 0.6) is 0 Å². The SMILES string of the molecule is O=C(Nc1ncnc2c1ncn2[C@H]1CC(=O)[C@@H](CO)O1)c1ccccc1. The number of nitrogens with one attached hydrogen (secondary N) is 1. The van der Waals surface area contributed by atoms with Crippen LogP contribution in [0.2, 0.25) is 0 Å². The molecule has 2 atom stereocenters. The van der Waals surface area contributed by atoms with Crippen LogP contribution >= 0.6 is 0 Å². The topological polar surface area (TPSA) is 119 Å². The first-order chi connectivity index (χ1) is 12.7. The molecule has 0 unspecified atom stereocenters. The fraction of sp³-hybridized carbons (Fsp3) is 0.235. The number of hydrogen-bond donors (Lipinski definition) is 2. The van der Waals surface area contributed by atoms with Crippen molar-refractivity contribution in [3.63, 3.8) is 0 Å². The van der Waals surface area contributed by atoms with E-state index < -0.39 is 12.3 Å². The highest BCUT2D eigenvalue weighted by Gasteiger charge is 2.35. The summed E-state index contributed by atoms with van der Waals surface area (Å²) in [6.45, 7) is -0.366.